The monoisotopic (exact) mass is 399 g/mol. The van der Waals surface area contributed by atoms with Gasteiger partial charge in [0.2, 0.25) is 0 Å². The van der Waals surface area contributed by atoms with E-state index in [1.54, 1.807) is 6.07 Å². The quantitative estimate of drug-likeness (QED) is 0.619. The van der Waals surface area contributed by atoms with Crippen molar-refractivity contribution >= 4 is 57.2 Å². The van der Waals surface area contributed by atoms with Crippen LogP contribution in [-0.2, 0) is 0 Å². The predicted molar refractivity (Wildman–Crippen MR) is 113 cm³/mol. The fourth-order valence-electron chi connectivity index (χ4n) is 3.29. The third-order valence-electron chi connectivity index (χ3n) is 4.53. The van der Waals surface area contributed by atoms with Crippen LogP contribution in [0.25, 0.3) is 11.0 Å². The van der Waals surface area contributed by atoms with Gasteiger partial charge in [0.15, 0.2) is 10.9 Å². The molecule has 1 saturated heterocycles. The molecule has 1 aromatic heterocycles. The van der Waals surface area contributed by atoms with Crippen LogP contribution in [0.4, 0.5) is 11.4 Å². The first-order valence-corrected chi connectivity index (χ1v) is 9.55. The number of fused-ring (bicyclic) bond motifs is 1. The zero-order chi connectivity index (χ0) is 18.8. The molecule has 0 spiro atoms. The second kappa shape index (κ2) is 7.58. The molecule has 0 aliphatic carbocycles. The van der Waals surface area contributed by atoms with Crippen molar-refractivity contribution in [3.63, 3.8) is 0 Å². The fraction of sp³-hybridized carbons (Fsp3) is 0.200. The van der Waals surface area contributed by atoms with E-state index >= 15 is 0 Å². The molecule has 0 atom stereocenters. The van der Waals surface area contributed by atoms with E-state index in [1.807, 2.05) is 42.5 Å². The zero-order valence-corrected chi connectivity index (χ0v) is 16.1. The predicted octanol–water partition coefficient (Wildman–Crippen LogP) is 4.81. The molecule has 7 heteroatoms. The Bertz CT molecular complexity index is 978. The van der Waals surface area contributed by atoms with Crippen LogP contribution in [0.5, 0.6) is 0 Å². The molecule has 2 aromatic carbocycles. The normalized spacial score (nSPS) is 13.7. The van der Waals surface area contributed by atoms with Crippen molar-refractivity contribution < 1.29 is 9.21 Å². The van der Waals surface area contributed by atoms with Gasteiger partial charge in [-0.05, 0) is 49.3 Å². The lowest BCUT2D eigenvalue weighted by molar-refractivity contribution is 0.0953. The third kappa shape index (κ3) is 3.77. The van der Waals surface area contributed by atoms with Gasteiger partial charge >= 0.3 is 0 Å². The van der Waals surface area contributed by atoms with Gasteiger partial charge in [-0.1, -0.05) is 35.9 Å². The van der Waals surface area contributed by atoms with Crippen molar-refractivity contribution in [2.75, 3.05) is 23.3 Å². The molecule has 0 saturated carbocycles. The second-order valence-electron chi connectivity index (χ2n) is 6.39. The average Bonchev–Trinajstić information content (AvgIpc) is 3.31. The topological polar surface area (TPSA) is 57.5 Å². The summed E-state index contributed by atoms with van der Waals surface area (Å²) < 4.78 is 5.58. The molecule has 1 aliphatic heterocycles. The molecule has 1 aliphatic rings. The van der Waals surface area contributed by atoms with E-state index < -0.39 is 5.91 Å². The average molecular weight is 400 g/mol. The number of para-hydroxylation sites is 2. The van der Waals surface area contributed by atoms with Crippen LogP contribution < -0.4 is 15.5 Å². The van der Waals surface area contributed by atoms with Crippen LogP contribution in [0.3, 0.4) is 0 Å². The number of furan rings is 1. The van der Waals surface area contributed by atoms with Crippen LogP contribution in [0, 0.1) is 0 Å². The Morgan fingerprint density at radius 2 is 1.89 bits per heavy atom. The fourth-order valence-corrected chi connectivity index (χ4v) is 3.79. The SMILES string of the molecule is O=C(NC(=S)Nc1cccc(Cl)c1N1CCCC1)c1cc2ccccc2o1. The summed E-state index contributed by atoms with van der Waals surface area (Å²) in [7, 11) is 0. The highest BCUT2D eigenvalue weighted by Gasteiger charge is 2.20. The van der Waals surface area contributed by atoms with E-state index in [-0.39, 0.29) is 10.9 Å². The van der Waals surface area contributed by atoms with E-state index in [0.29, 0.717) is 10.6 Å². The molecule has 0 radical (unpaired) electrons. The Hall–Kier alpha value is -2.57. The van der Waals surface area contributed by atoms with E-state index in [2.05, 4.69) is 15.5 Å². The number of carbonyl (C=O) groups is 1. The molecule has 27 heavy (non-hydrogen) atoms. The lowest BCUT2D eigenvalue weighted by Gasteiger charge is -2.23. The smallest absolute Gasteiger partial charge is 0.293 e. The minimum Gasteiger partial charge on any atom is -0.451 e. The van der Waals surface area contributed by atoms with Crippen molar-refractivity contribution in [1.29, 1.82) is 0 Å². The lowest BCUT2D eigenvalue weighted by atomic mass is 10.2. The number of hydrogen-bond donors (Lipinski definition) is 2. The first kappa shape index (κ1) is 17.8. The van der Waals surface area contributed by atoms with Gasteiger partial charge in [0.1, 0.15) is 5.58 Å². The second-order valence-corrected chi connectivity index (χ2v) is 7.20. The number of amides is 1. The molecule has 1 fully saturated rings. The van der Waals surface area contributed by atoms with Gasteiger partial charge in [-0.25, -0.2) is 0 Å². The minimum atomic E-state index is -0.395. The number of thiocarbonyl (C=S) groups is 1. The van der Waals surface area contributed by atoms with Gasteiger partial charge < -0.3 is 14.6 Å². The summed E-state index contributed by atoms with van der Waals surface area (Å²) in [5.41, 5.74) is 2.35. The Labute approximate surface area is 167 Å². The van der Waals surface area contributed by atoms with Crippen LogP contribution in [0.1, 0.15) is 23.4 Å². The summed E-state index contributed by atoms with van der Waals surface area (Å²) >= 11 is 11.7. The summed E-state index contributed by atoms with van der Waals surface area (Å²) in [6.45, 7) is 1.91. The molecule has 0 bridgehead atoms. The van der Waals surface area contributed by atoms with Crippen LogP contribution in [0.2, 0.25) is 5.02 Å². The standard InChI is InChI=1S/C20H18ClN3O2S/c21-14-7-5-8-15(18(14)24-10-3-4-11-24)22-20(27)23-19(25)17-12-13-6-1-2-9-16(13)26-17/h1-2,5-9,12H,3-4,10-11H2,(H2,22,23,25,27). The number of nitrogens with one attached hydrogen (secondary N) is 2. The third-order valence-corrected chi connectivity index (χ3v) is 5.04. The van der Waals surface area contributed by atoms with E-state index in [1.165, 1.54) is 0 Å². The van der Waals surface area contributed by atoms with Gasteiger partial charge in [0.25, 0.3) is 5.91 Å². The van der Waals surface area contributed by atoms with Crippen molar-refractivity contribution in [1.82, 2.24) is 5.32 Å². The molecular formula is C20H18ClN3O2S. The molecule has 3 aromatic rings. The summed E-state index contributed by atoms with van der Waals surface area (Å²) in [4.78, 5) is 14.7. The number of halogens is 1. The Morgan fingerprint density at radius 3 is 2.67 bits per heavy atom. The van der Waals surface area contributed by atoms with Gasteiger partial charge in [-0.15, -0.1) is 0 Å². The molecule has 0 unspecified atom stereocenters. The van der Waals surface area contributed by atoms with Gasteiger partial charge in [0, 0.05) is 18.5 Å². The van der Waals surface area contributed by atoms with Crippen molar-refractivity contribution in [2.24, 2.45) is 0 Å². The van der Waals surface area contributed by atoms with Crippen molar-refractivity contribution in [2.45, 2.75) is 12.8 Å². The maximum Gasteiger partial charge on any atom is 0.293 e. The number of anilines is 2. The van der Waals surface area contributed by atoms with Crippen molar-refractivity contribution in [3.8, 4) is 0 Å². The number of benzene rings is 2. The van der Waals surface area contributed by atoms with E-state index in [9.17, 15) is 4.79 Å². The van der Waals surface area contributed by atoms with Gasteiger partial charge in [0.05, 0.1) is 16.4 Å². The first-order valence-electron chi connectivity index (χ1n) is 8.76. The van der Waals surface area contributed by atoms with E-state index in [4.69, 9.17) is 28.2 Å². The molecule has 2 N–H and O–H groups in total. The minimum absolute atomic E-state index is 0.197. The Balaban J connectivity index is 1.49. The molecule has 5 nitrogen and oxygen atoms in total. The van der Waals surface area contributed by atoms with Crippen LogP contribution >= 0.6 is 23.8 Å². The molecule has 1 amide bonds. The molecule has 2 heterocycles. The highest BCUT2D eigenvalue weighted by molar-refractivity contribution is 7.80. The number of hydrogen-bond acceptors (Lipinski definition) is 4. The summed E-state index contributed by atoms with van der Waals surface area (Å²) in [6.07, 6.45) is 2.27. The molecule has 138 valence electrons. The number of rotatable bonds is 3. The van der Waals surface area contributed by atoms with Crippen molar-refractivity contribution in [3.05, 3.63) is 59.3 Å². The maximum absolute atomic E-state index is 12.5. The van der Waals surface area contributed by atoms with Crippen LogP contribution in [-0.4, -0.2) is 24.1 Å². The van der Waals surface area contributed by atoms with E-state index in [0.717, 1.165) is 42.7 Å². The lowest BCUT2D eigenvalue weighted by Crippen LogP contribution is -2.34. The number of carbonyl (C=O) groups excluding carboxylic acids is 1. The highest BCUT2D eigenvalue weighted by atomic mass is 35.5. The van der Waals surface area contributed by atoms with Crippen LogP contribution in [0.15, 0.2) is 52.9 Å². The summed E-state index contributed by atoms with van der Waals surface area (Å²) in [5, 5.41) is 7.49. The Kier molecular flexibility index (Phi) is 5.01. The van der Waals surface area contributed by atoms with Gasteiger partial charge in [-0.2, -0.15) is 0 Å². The molecular weight excluding hydrogens is 382 g/mol. The molecule has 4 rings (SSSR count). The summed E-state index contributed by atoms with van der Waals surface area (Å²) in [6, 6.07) is 14.8. The summed E-state index contributed by atoms with van der Waals surface area (Å²) in [5.74, 6) is -0.181. The largest absolute Gasteiger partial charge is 0.451 e. The highest BCUT2D eigenvalue weighted by Crippen LogP contribution is 2.35. The zero-order valence-electron chi connectivity index (χ0n) is 14.5. The van der Waals surface area contributed by atoms with Gasteiger partial charge in [-0.3, -0.25) is 10.1 Å². The Morgan fingerprint density at radius 1 is 1.11 bits per heavy atom. The maximum atomic E-state index is 12.5. The first-order chi connectivity index (χ1) is 13.1. The number of nitrogens with zero attached hydrogens (tertiary/aromatic N) is 1.